The van der Waals surface area contributed by atoms with Gasteiger partial charge in [-0.1, -0.05) is 12.1 Å². The lowest BCUT2D eigenvalue weighted by Gasteiger charge is -2.04. The topological polar surface area (TPSA) is 58.3 Å². The van der Waals surface area contributed by atoms with Gasteiger partial charge < -0.3 is 14.8 Å². The Balaban J connectivity index is 2.28. The number of hydrogen-bond donors (Lipinski definition) is 2. The van der Waals surface area contributed by atoms with Crippen molar-refractivity contribution < 1.29 is 10.2 Å². The molecule has 2 aromatic carbocycles. The first kappa shape index (κ1) is 10.7. The number of phenolic OH excluding ortho intramolecular Hbond substituents is 2. The second-order valence-corrected chi connectivity index (χ2v) is 4.22. The van der Waals surface area contributed by atoms with Crippen LogP contribution in [-0.4, -0.2) is 19.8 Å². The number of para-hydroxylation sites is 2. The van der Waals surface area contributed by atoms with E-state index in [0.717, 1.165) is 11.0 Å². The quantitative estimate of drug-likeness (QED) is 0.687. The first-order valence-electron chi connectivity index (χ1n) is 5.60. The highest BCUT2D eigenvalue weighted by molar-refractivity contribution is 5.80. The van der Waals surface area contributed by atoms with Crippen molar-refractivity contribution in [3.63, 3.8) is 0 Å². The molecule has 0 saturated carbocycles. The lowest BCUT2D eigenvalue weighted by atomic mass is 10.2. The molecular formula is C14H12N2O2. The maximum absolute atomic E-state index is 9.52. The van der Waals surface area contributed by atoms with Crippen LogP contribution in [0.15, 0.2) is 42.5 Å². The van der Waals surface area contributed by atoms with Crippen LogP contribution < -0.4 is 0 Å². The predicted octanol–water partition coefficient (Wildman–Crippen LogP) is 2.65. The number of rotatable bonds is 1. The Morgan fingerprint density at radius 2 is 1.67 bits per heavy atom. The molecule has 0 amide bonds. The fourth-order valence-electron chi connectivity index (χ4n) is 2.13. The maximum atomic E-state index is 9.52. The molecule has 0 unspecified atom stereocenters. The van der Waals surface area contributed by atoms with E-state index in [1.54, 1.807) is 12.1 Å². The molecular weight excluding hydrogens is 228 g/mol. The third kappa shape index (κ3) is 1.59. The molecule has 0 aliphatic rings. The second kappa shape index (κ2) is 3.77. The highest BCUT2D eigenvalue weighted by Gasteiger charge is 2.10. The van der Waals surface area contributed by atoms with Gasteiger partial charge in [0.15, 0.2) is 0 Å². The number of imidazole rings is 1. The highest BCUT2D eigenvalue weighted by atomic mass is 16.3. The van der Waals surface area contributed by atoms with Gasteiger partial charge in [-0.15, -0.1) is 0 Å². The van der Waals surface area contributed by atoms with Crippen molar-refractivity contribution in [2.75, 3.05) is 0 Å². The SMILES string of the molecule is Cn1c(-c2cc(O)cc(O)c2)nc2ccccc21. The third-order valence-corrected chi connectivity index (χ3v) is 2.95. The van der Waals surface area contributed by atoms with Crippen molar-refractivity contribution >= 4 is 11.0 Å². The molecule has 0 aliphatic heterocycles. The molecule has 0 radical (unpaired) electrons. The summed E-state index contributed by atoms with van der Waals surface area (Å²) in [5.41, 5.74) is 2.58. The Kier molecular flexibility index (Phi) is 2.23. The zero-order valence-corrected chi connectivity index (χ0v) is 9.83. The number of aromatic hydroxyl groups is 2. The third-order valence-electron chi connectivity index (χ3n) is 2.95. The molecule has 0 aliphatic carbocycles. The lowest BCUT2D eigenvalue weighted by Crippen LogP contribution is -1.92. The van der Waals surface area contributed by atoms with Crippen molar-refractivity contribution in [3.05, 3.63) is 42.5 Å². The van der Waals surface area contributed by atoms with Crippen LogP contribution in [-0.2, 0) is 7.05 Å². The molecule has 1 heterocycles. The summed E-state index contributed by atoms with van der Waals surface area (Å²) < 4.78 is 1.93. The Labute approximate surface area is 104 Å². The summed E-state index contributed by atoms with van der Waals surface area (Å²) >= 11 is 0. The number of fused-ring (bicyclic) bond motifs is 1. The average molecular weight is 240 g/mol. The molecule has 90 valence electrons. The van der Waals surface area contributed by atoms with Gasteiger partial charge in [-0.2, -0.15) is 0 Å². The van der Waals surface area contributed by atoms with Gasteiger partial charge in [-0.25, -0.2) is 4.98 Å². The summed E-state index contributed by atoms with van der Waals surface area (Å²) in [5, 5.41) is 19.0. The Morgan fingerprint density at radius 1 is 1.00 bits per heavy atom. The number of benzene rings is 2. The standard InChI is InChI=1S/C14H12N2O2/c1-16-13-5-3-2-4-12(13)15-14(16)9-6-10(17)8-11(18)7-9/h2-8,17-18H,1H3. The normalized spacial score (nSPS) is 10.9. The molecule has 3 rings (SSSR count). The van der Waals surface area contributed by atoms with E-state index in [9.17, 15) is 10.2 Å². The predicted molar refractivity (Wildman–Crippen MR) is 69.5 cm³/mol. The van der Waals surface area contributed by atoms with Gasteiger partial charge in [-0.3, -0.25) is 0 Å². The molecule has 0 atom stereocenters. The number of aryl methyl sites for hydroxylation is 1. The van der Waals surface area contributed by atoms with Crippen molar-refractivity contribution in [2.45, 2.75) is 0 Å². The van der Waals surface area contributed by atoms with Crippen LogP contribution >= 0.6 is 0 Å². The Bertz CT molecular complexity index is 711. The van der Waals surface area contributed by atoms with Crippen molar-refractivity contribution in [1.29, 1.82) is 0 Å². The number of phenols is 2. The van der Waals surface area contributed by atoms with Crippen molar-refractivity contribution in [2.24, 2.45) is 7.05 Å². The number of hydrogen-bond acceptors (Lipinski definition) is 3. The summed E-state index contributed by atoms with van der Waals surface area (Å²) in [7, 11) is 1.91. The first-order valence-corrected chi connectivity index (χ1v) is 5.60. The molecule has 18 heavy (non-hydrogen) atoms. The molecule has 4 heteroatoms. The van der Waals surface area contributed by atoms with E-state index in [-0.39, 0.29) is 11.5 Å². The maximum Gasteiger partial charge on any atom is 0.141 e. The summed E-state index contributed by atoms with van der Waals surface area (Å²) in [4.78, 5) is 4.51. The summed E-state index contributed by atoms with van der Waals surface area (Å²) in [6.07, 6.45) is 0. The van der Waals surface area contributed by atoms with Crippen LogP contribution in [0.1, 0.15) is 0 Å². The molecule has 2 N–H and O–H groups in total. The molecule has 0 fully saturated rings. The van der Waals surface area contributed by atoms with Crippen LogP contribution in [0.3, 0.4) is 0 Å². The minimum absolute atomic E-state index is 0.0251. The van der Waals surface area contributed by atoms with Gasteiger partial charge in [0.25, 0.3) is 0 Å². The van der Waals surface area contributed by atoms with Crippen LogP contribution in [0.4, 0.5) is 0 Å². The van der Waals surface area contributed by atoms with Gasteiger partial charge in [-0.05, 0) is 24.3 Å². The van der Waals surface area contributed by atoms with Crippen LogP contribution in [0.2, 0.25) is 0 Å². The molecule has 3 aromatic rings. The number of aromatic nitrogens is 2. The van der Waals surface area contributed by atoms with E-state index < -0.39 is 0 Å². The zero-order valence-electron chi connectivity index (χ0n) is 9.83. The van der Waals surface area contributed by atoms with Crippen LogP contribution in [0.25, 0.3) is 22.4 Å². The fourth-order valence-corrected chi connectivity index (χ4v) is 2.13. The second-order valence-electron chi connectivity index (χ2n) is 4.22. The first-order chi connectivity index (χ1) is 8.65. The molecule has 0 saturated heterocycles. The highest BCUT2D eigenvalue weighted by Crippen LogP contribution is 2.29. The van der Waals surface area contributed by atoms with Crippen LogP contribution in [0.5, 0.6) is 11.5 Å². The van der Waals surface area contributed by atoms with E-state index in [2.05, 4.69) is 4.98 Å². The minimum atomic E-state index is 0.0251. The number of nitrogens with zero attached hydrogens (tertiary/aromatic N) is 2. The molecule has 0 spiro atoms. The monoisotopic (exact) mass is 240 g/mol. The largest absolute Gasteiger partial charge is 0.508 e. The van der Waals surface area contributed by atoms with Crippen molar-refractivity contribution in [1.82, 2.24) is 9.55 Å². The fraction of sp³-hybridized carbons (Fsp3) is 0.0714. The van der Waals surface area contributed by atoms with Gasteiger partial charge in [0.2, 0.25) is 0 Å². The molecule has 1 aromatic heterocycles. The molecule has 0 bridgehead atoms. The van der Waals surface area contributed by atoms with Crippen LogP contribution in [0, 0.1) is 0 Å². The van der Waals surface area contributed by atoms with Gasteiger partial charge in [0.05, 0.1) is 11.0 Å². The van der Waals surface area contributed by atoms with E-state index in [1.165, 1.54) is 6.07 Å². The van der Waals surface area contributed by atoms with Gasteiger partial charge in [0, 0.05) is 18.7 Å². The van der Waals surface area contributed by atoms with Gasteiger partial charge >= 0.3 is 0 Å². The smallest absolute Gasteiger partial charge is 0.141 e. The minimum Gasteiger partial charge on any atom is -0.508 e. The summed E-state index contributed by atoms with van der Waals surface area (Å²) in [6, 6.07) is 12.3. The lowest BCUT2D eigenvalue weighted by molar-refractivity contribution is 0.451. The summed E-state index contributed by atoms with van der Waals surface area (Å²) in [6.45, 7) is 0. The van der Waals surface area contributed by atoms with E-state index in [0.29, 0.717) is 11.4 Å². The van der Waals surface area contributed by atoms with E-state index in [1.807, 2.05) is 35.9 Å². The average Bonchev–Trinajstić information content (AvgIpc) is 2.66. The summed E-state index contributed by atoms with van der Waals surface area (Å²) in [5.74, 6) is 0.761. The van der Waals surface area contributed by atoms with Crippen molar-refractivity contribution in [3.8, 4) is 22.9 Å². The Hall–Kier alpha value is -2.49. The van der Waals surface area contributed by atoms with Gasteiger partial charge in [0.1, 0.15) is 17.3 Å². The zero-order chi connectivity index (χ0) is 12.7. The van der Waals surface area contributed by atoms with E-state index in [4.69, 9.17) is 0 Å². The van der Waals surface area contributed by atoms with E-state index >= 15 is 0 Å². The Morgan fingerprint density at radius 3 is 2.33 bits per heavy atom. The molecule has 4 nitrogen and oxygen atoms in total.